The van der Waals surface area contributed by atoms with Gasteiger partial charge in [-0.2, -0.15) is 10.3 Å². The largest absolute Gasteiger partial charge is 0.507 e. The van der Waals surface area contributed by atoms with Crippen LogP contribution in [0.4, 0.5) is 0 Å². The van der Waals surface area contributed by atoms with Gasteiger partial charge in [0.2, 0.25) is 0 Å². The Bertz CT molecular complexity index is 625. The Morgan fingerprint density at radius 1 is 1.47 bits per heavy atom. The van der Waals surface area contributed by atoms with Crippen LogP contribution >= 0.6 is 22.6 Å². The van der Waals surface area contributed by atoms with Gasteiger partial charge in [0, 0.05) is 9.13 Å². The lowest BCUT2D eigenvalue weighted by Gasteiger charge is -2.07. The second-order valence-corrected chi connectivity index (χ2v) is 5.11. The van der Waals surface area contributed by atoms with E-state index >= 15 is 0 Å². The fraction of sp³-hybridized carbons (Fsp3) is 0.250. The molecule has 0 saturated heterocycles. The SMILES string of the molecule is CCOC(=O)c1n[nH]nc1-c1cc(I)cc(C)c1O. The molecule has 1 heterocycles. The van der Waals surface area contributed by atoms with Crippen molar-refractivity contribution in [3.05, 3.63) is 27.0 Å². The highest BCUT2D eigenvalue weighted by Crippen LogP contribution is 2.33. The number of phenols is 1. The van der Waals surface area contributed by atoms with Crippen LogP contribution in [0.1, 0.15) is 23.0 Å². The molecule has 1 aromatic heterocycles. The number of carbonyl (C=O) groups is 1. The molecule has 1 aromatic carbocycles. The number of nitrogens with one attached hydrogen (secondary N) is 1. The molecule has 0 saturated carbocycles. The van der Waals surface area contributed by atoms with Crippen LogP contribution < -0.4 is 0 Å². The van der Waals surface area contributed by atoms with Crippen LogP contribution in [0, 0.1) is 10.5 Å². The molecule has 100 valence electrons. The van der Waals surface area contributed by atoms with Gasteiger partial charge in [0.25, 0.3) is 0 Å². The minimum atomic E-state index is -0.567. The number of hydrogen-bond acceptors (Lipinski definition) is 5. The summed E-state index contributed by atoms with van der Waals surface area (Å²) >= 11 is 2.13. The zero-order valence-corrected chi connectivity index (χ0v) is 12.6. The molecule has 0 spiro atoms. The first kappa shape index (κ1) is 13.8. The summed E-state index contributed by atoms with van der Waals surface area (Å²) in [5.74, 6) is -0.484. The Hall–Kier alpha value is -1.64. The van der Waals surface area contributed by atoms with Gasteiger partial charge >= 0.3 is 5.97 Å². The molecule has 6 nitrogen and oxygen atoms in total. The highest BCUT2D eigenvalue weighted by molar-refractivity contribution is 14.1. The fourth-order valence-corrected chi connectivity index (χ4v) is 2.46. The van der Waals surface area contributed by atoms with E-state index in [-0.39, 0.29) is 23.7 Å². The summed E-state index contributed by atoms with van der Waals surface area (Å²) in [6.07, 6.45) is 0. The number of ether oxygens (including phenoxy) is 1. The second-order valence-electron chi connectivity index (χ2n) is 3.86. The van der Waals surface area contributed by atoms with E-state index in [0.29, 0.717) is 11.1 Å². The maximum absolute atomic E-state index is 11.8. The number of aromatic nitrogens is 3. The first-order valence-electron chi connectivity index (χ1n) is 5.62. The summed E-state index contributed by atoms with van der Waals surface area (Å²) in [6.45, 7) is 3.75. The Balaban J connectivity index is 2.54. The summed E-state index contributed by atoms with van der Waals surface area (Å²) < 4.78 is 5.84. The number of rotatable bonds is 3. The second kappa shape index (κ2) is 5.55. The molecule has 0 amide bonds. The van der Waals surface area contributed by atoms with Crippen LogP contribution in [-0.4, -0.2) is 33.1 Å². The third-order valence-electron chi connectivity index (χ3n) is 2.54. The lowest BCUT2D eigenvalue weighted by atomic mass is 10.1. The Morgan fingerprint density at radius 2 is 2.21 bits per heavy atom. The number of nitrogens with zero attached hydrogens (tertiary/aromatic N) is 2. The number of hydrogen-bond donors (Lipinski definition) is 2. The van der Waals surface area contributed by atoms with Crippen LogP contribution in [0.15, 0.2) is 12.1 Å². The maximum atomic E-state index is 11.8. The molecule has 0 aliphatic carbocycles. The molecule has 0 unspecified atom stereocenters. The van der Waals surface area contributed by atoms with Gasteiger partial charge in [0.05, 0.1) is 6.61 Å². The normalized spacial score (nSPS) is 10.5. The van der Waals surface area contributed by atoms with E-state index < -0.39 is 5.97 Å². The molecule has 0 aliphatic rings. The van der Waals surface area contributed by atoms with Crippen molar-refractivity contribution in [2.75, 3.05) is 6.61 Å². The van der Waals surface area contributed by atoms with E-state index in [9.17, 15) is 9.90 Å². The smallest absolute Gasteiger partial charge is 0.361 e. The Morgan fingerprint density at radius 3 is 2.89 bits per heavy atom. The summed E-state index contributed by atoms with van der Waals surface area (Å²) in [7, 11) is 0. The number of aryl methyl sites for hydroxylation is 1. The number of aromatic amines is 1. The fourth-order valence-electron chi connectivity index (χ4n) is 1.68. The summed E-state index contributed by atoms with van der Waals surface area (Å²) in [5, 5.41) is 20.2. The van der Waals surface area contributed by atoms with Crippen LogP contribution in [0.5, 0.6) is 5.75 Å². The lowest BCUT2D eigenvalue weighted by molar-refractivity contribution is 0.0520. The predicted molar refractivity (Wildman–Crippen MR) is 76.9 cm³/mol. The molecule has 19 heavy (non-hydrogen) atoms. The number of phenolic OH excluding ortho intramolecular Hbond substituents is 1. The number of carbonyl (C=O) groups excluding carboxylic acids is 1. The maximum Gasteiger partial charge on any atom is 0.361 e. The number of H-pyrrole nitrogens is 1. The van der Waals surface area contributed by atoms with Gasteiger partial charge in [-0.05, 0) is 54.1 Å². The molecule has 0 bridgehead atoms. The molecular formula is C12H12IN3O3. The van der Waals surface area contributed by atoms with Crippen molar-refractivity contribution in [3.8, 4) is 17.0 Å². The van der Waals surface area contributed by atoms with Gasteiger partial charge in [0.1, 0.15) is 11.4 Å². The molecule has 0 atom stereocenters. The van der Waals surface area contributed by atoms with E-state index in [1.165, 1.54) is 0 Å². The first-order valence-corrected chi connectivity index (χ1v) is 6.69. The van der Waals surface area contributed by atoms with Crippen molar-refractivity contribution in [2.24, 2.45) is 0 Å². The van der Waals surface area contributed by atoms with Gasteiger partial charge in [0.15, 0.2) is 5.69 Å². The minimum Gasteiger partial charge on any atom is -0.507 e. The number of benzene rings is 1. The molecule has 2 rings (SSSR count). The summed E-state index contributed by atoms with van der Waals surface area (Å²) in [4.78, 5) is 11.8. The zero-order valence-electron chi connectivity index (χ0n) is 10.4. The third kappa shape index (κ3) is 2.70. The minimum absolute atomic E-state index is 0.0681. The van der Waals surface area contributed by atoms with Crippen molar-refractivity contribution in [2.45, 2.75) is 13.8 Å². The molecule has 0 aliphatic heterocycles. The van der Waals surface area contributed by atoms with Crippen molar-refractivity contribution in [3.63, 3.8) is 0 Å². The average molecular weight is 373 g/mol. The van der Waals surface area contributed by atoms with Gasteiger partial charge in [-0.1, -0.05) is 0 Å². The third-order valence-corrected chi connectivity index (χ3v) is 3.16. The van der Waals surface area contributed by atoms with Crippen LogP contribution in [0.3, 0.4) is 0 Å². The number of halogens is 1. The van der Waals surface area contributed by atoms with Crippen LogP contribution in [0.2, 0.25) is 0 Å². The van der Waals surface area contributed by atoms with Crippen molar-refractivity contribution in [1.29, 1.82) is 0 Å². The van der Waals surface area contributed by atoms with E-state index in [0.717, 1.165) is 3.57 Å². The lowest BCUT2D eigenvalue weighted by Crippen LogP contribution is -2.07. The topological polar surface area (TPSA) is 88.1 Å². The summed E-state index contributed by atoms with van der Waals surface area (Å²) in [6, 6.07) is 3.58. The molecule has 2 N–H and O–H groups in total. The van der Waals surface area contributed by atoms with E-state index in [1.54, 1.807) is 19.9 Å². The van der Waals surface area contributed by atoms with E-state index in [4.69, 9.17) is 4.74 Å². The zero-order chi connectivity index (χ0) is 14.0. The van der Waals surface area contributed by atoms with Crippen molar-refractivity contribution >= 4 is 28.6 Å². The van der Waals surface area contributed by atoms with Gasteiger partial charge in [-0.15, -0.1) is 5.10 Å². The summed E-state index contributed by atoms with van der Waals surface area (Å²) in [5.41, 5.74) is 1.53. The highest BCUT2D eigenvalue weighted by atomic mass is 127. The van der Waals surface area contributed by atoms with Crippen molar-refractivity contribution in [1.82, 2.24) is 15.4 Å². The Kier molecular flexibility index (Phi) is 4.03. The molecular weight excluding hydrogens is 361 g/mol. The number of aromatic hydroxyl groups is 1. The van der Waals surface area contributed by atoms with Crippen LogP contribution in [-0.2, 0) is 4.74 Å². The standard InChI is InChI=1S/C12H12IN3O3/c1-3-19-12(18)10-9(14-16-15-10)8-5-7(13)4-6(2)11(8)17/h4-5,17H,3H2,1-2H3,(H,14,15,16). The Labute approximate surface area is 123 Å². The van der Waals surface area contributed by atoms with E-state index in [2.05, 4.69) is 38.0 Å². The first-order chi connectivity index (χ1) is 9.04. The van der Waals surface area contributed by atoms with E-state index in [1.807, 2.05) is 6.07 Å². The van der Waals surface area contributed by atoms with Gasteiger partial charge in [-0.25, -0.2) is 4.79 Å². The van der Waals surface area contributed by atoms with Gasteiger partial charge in [-0.3, -0.25) is 0 Å². The quantitative estimate of drug-likeness (QED) is 0.637. The van der Waals surface area contributed by atoms with Crippen LogP contribution in [0.25, 0.3) is 11.3 Å². The number of esters is 1. The molecule has 0 fully saturated rings. The van der Waals surface area contributed by atoms with Gasteiger partial charge < -0.3 is 9.84 Å². The molecule has 0 radical (unpaired) electrons. The predicted octanol–water partition coefficient (Wildman–Crippen LogP) is 2.27. The molecule has 7 heteroatoms. The average Bonchev–Trinajstić information content (AvgIpc) is 2.83. The monoisotopic (exact) mass is 373 g/mol. The highest BCUT2D eigenvalue weighted by Gasteiger charge is 2.22. The van der Waals surface area contributed by atoms with Crippen molar-refractivity contribution < 1.29 is 14.6 Å². The molecule has 2 aromatic rings.